The molecule has 1 atom stereocenters. The van der Waals surface area contributed by atoms with Crippen molar-refractivity contribution in [3.8, 4) is 0 Å². The van der Waals surface area contributed by atoms with E-state index in [1.807, 2.05) is 37.3 Å². The maximum Gasteiger partial charge on any atom is 0.249 e. The summed E-state index contributed by atoms with van der Waals surface area (Å²) in [7, 11) is 0. The first-order valence-electron chi connectivity index (χ1n) is 9.13. The maximum atomic E-state index is 12.8. The molecule has 1 aliphatic rings. The number of fused-ring (bicyclic) bond motifs is 1. The van der Waals surface area contributed by atoms with Crippen LogP contribution in [0.4, 0.5) is 0 Å². The summed E-state index contributed by atoms with van der Waals surface area (Å²) in [5.74, 6) is 0.624. The van der Waals surface area contributed by atoms with Crippen LogP contribution in [0, 0.1) is 6.92 Å². The third-order valence-corrected chi connectivity index (χ3v) is 4.83. The molecule has 0 saturated heterocycles. The van der Waals surface area contributed by atoms with Crippen molar-refractivity contribution >= 4 is 5.91 Å². The van der Waals surface area contributed by atoms with Crippen LogP contribution < -0.4 is 5.32 Å². The Morgan fingerprint density at radius 3 is 2.85 bits per heavy atom. The number of benzene rings is 1. The summed E-state index contributed by atoms with van der Waals surface area (Å²) in [6, 6.07) is 8.86. The molecule has 138 valence electrons. The van der Waals surface area contributed by atoms with Gasteiger partial charge in [-0.2, -0.15) is 0 Å². The number of nitrogens with one attached hydrogen (secondary N) is 1. The average molecular weight is 363 g/mol. The van der Waals surface area contributed by atoms with Gasteiger partial charge in [-0.05, 0) is 47.7 Å². The zero-order valence-electron chi connectivity index (χ0n) is 15.2. The summed E-state index contributed by atoms with van der Waals surface area (Å²) >= 11 is 0. The van der Waals surface area contributed by atoms with Crippen LogP contribution in [-0.4, -0.2) is 42.6 Å². The lowest BCUT2D eigenvalue weighted by Gasteiger charge is -2.16. The molecule has 2 aromatic heterocycles. The summed E-state index contributed by atoms with van der Waals surface area (Å²) in [4.78, 5) is 22.1. The molecule has 2 heterocycles. The molecule has 8 heteroatoms. The van der Waals surface area contributed by atoms with Gasteiger partial charge in [-0.3, -0.25) is 4.79 Å². The van der Waals surface area contributed by atoms with Gasteiger partial charge in [0, 0.05) is 24.4 Å². The molecule has 3 aromatic rings. The van der Waals surface area contributed by atoms with Gasteiger partial charge in [0.25, 0.3) is 0 Å². The lowest BCUT2D eigenvalue weighted by Crippen LogP contribution is -2.35. The lowest BCUT2D eigenvalue weighted by molar-refractivity contribution is -0.123. The van der Waals surface area contributed by atoms with E-state index in [9.17, 15) is 4.79 Å². The molecule has 1 amide bonds. The SMILES string of the molecule is Cc1nc(CCNC(=O)[C@H](c2ccccc2)n2cnnn2)nc2c1CCC2. The van der Waals surface area contributed by atoms with E-state index in [4.69, 9.17) is 0 Å². The number of aryl methyl sites for hydroxylation is 2. The van der Waals surface area contributed by atoms with Crippen LogP contribution in [0.5, 0.6) is 0 Å². The van der Waals surface area contributed by atoms with Crippen LogP contribution in [-0.2, 0) is 24.1 Å². The molecular formula is C19H21N7O. The Kier molecular flexibility index (Phi) is 4.86. The smallest absolute Gasteiger partial charge is 0.249 e. The van der Waals surface area contributed by atoms with Gasteiger partial charge in [-0.1, -0.05) is 30.3 Å². The Balaban J connectivity index is 1.44. The van der Waals surface area contributed by atoms with E-state index in [0.717, 1.165) is 36.3 Å². The van der Waals surface area contributed by atoms with Gasteiger partial charge in [0.15, 0.2) is 6.04 Å². The highest BCUT2D eigenvalue weighted by Gasteiger charge is 2.23. The van der Waals surface area contributed by atoms with Crippen molar-refractivity contribution in [2.75, 3.05) is 6.54 Å². The largest absolute Gasteiger partial charge is 0.353 e. The first-order chi connectivity index (χ1) is 13.2. The summed E-state index contributed by atoms with van der Waals surface area (Å²) in [5.41, 5.74) is 4.35. The second kappa shape index (κ2) is 7.61. The van der Waals surface area contributed by atoms with Gasteiger partial charge in [0.2, 0.25) is 5.91 Å². The third-order valence-electron chi connectivity index (χ3n) is 4.83. The topological polar surface area (TPSA) is 98.5 Å². The van der Waals surface area contributed by atoms with Crippen LogP contribution >= 0.6 is 0 Å². The Morgan fingerprint density at radius 2 is 2.07 bits per heavy atom. The predicted molar refractivity (Wildman–Crippen MR) is 97.9 cm³/mol. The van der Waals surface area contributed by atoms with Crippen molar-refractivity contribution in [1.82, 2.24) is 35.5 Å². The van der Waals surface area contributed by atoms with Crippen molar-refractivity contribution in [3.05, 3.63) is 65.0 Å². The average Bonchev–Trinajstić information content (AvgIpc) is 3.35. The molecule has 4 rings (SSSR count). The molecule has 0 bridgehead atoms. The van der Waals surface area contributed by atoms with Crippen LogP contribution in [0.15, 0.2) is 36.7 Å². The molecule has 0 saturated carbocycles. The quantitative estimate of drug-likeness (QED) is 0.707. The number of hydrogen-bond acceptors (Lipinski definition) is 6. The summed E-state index contributed by atoms with van der Waals surface area (Å²) in [6.07, 6.45) is 5.28. The fourth-order valence-electron chi connectivity index (χ4n) is 3.53. The molecule has 0 fully saturated rings. The summed E-state index contributed by atoms with van der Waals surface area (Å²) in [6.45, 7) is 2.50. The summed E-state index contributed by atoms with van der Waals surface area (Å²) < 4.78 is 1.46. The van der Waals surface area contributed by atoms with Crippen LogP contribution in [0.2, 0.25) is 0 Å². The molecule has 0 spiro atoms. The van der Waals surface area contributed by atoms with Gasteiger partial charge in [0.1, 0.15) is 12.2 Å². The molecule has 1 aromatic carbocycles. The number of nitrogens with zero attached hydrogens (tertiary/aromatic N) is 6. The van der Waals surface area contributed by atoms with Gasteiger partial charge in [0.05, 0.1) is 0 Å². The third kappa shape index (κ3) is 3.69. The van der Waals surface area contributed by atoms with E-state index >= 15 is 0 Å². The van der Waals surface area contributed by atoms with Crippen molar-refractivity contribution in [1.29, 1.82) is 0 Å². The Hall–Kier alpha value is -3.16. The Labute approximate surface area is 157 Å². The zero-order chi connectivity index (χ0) is 18.6. The Bertz CT molecular complexity index is 925. The number of amides is 1. The molecule has 0 radical (unpaired) electrons. The highest BCUT2D eigenvalue weighted by molar-refractivity contribution is 5.83. The molecule has 0 unspecified atom stereocenters. The molecule has 27 heavy (non-hydrogen) atoms. The van der Waals surface area contributed by atoms with Crippen LogP contribution in [0.25, 0.3) is 0 Å². The molecule has 8 nitrogen and oxygen atoms in total. The highest BCUT2D eigenvalue weighted by Crippen LogP contribution is 2.22. The van der Waals surface area contributed by atoms with E-state index in [0.29, 0.717) is 13.0 Å². The minimum atomic E-state index is -0.608. The standard InChI is InChI=1S/C19H21N7O/c1-13-15-8-5-9-16(15)23-17(22-13)10-11-20-19(27)18(26-12-21-24-25-26)14-6-3-2-4-7-14/h2-4,6-7,12,18H,5,8-11H2,1H3,(H,20,27)/t18-/m0/s1. The second-order valence-electron chi connectivity index (χ2n) is 6.65. The normalized spacial score (nSPS) is 14.0. The van der Waals surface area contributed by atoms with Crippen LogP contribution in [0.3, 0.4) is 0 Å². The number of rotatable bonds is 6. The monoisotopic (exact) mass is 363 g/mol. The molecular weight excluding hydrogens is 342 g/mol. The van der Waals surface area contributed by atoms with Crippen molar-refractivity contribution in [2.24, 2.45) is 0 Å². The molecule has 1 N–H and O–H groups in total. The van der Waals surface area contributed by atoms with E-state index in [-0.39, 0.29) is 5.91 Å². The van der Waals surface area contributed by atoms with E-state index < -0.39 is 6.04 Å². The lowest BCUT2D eigenvalue weighted by atomic mass is 10.1. The minimum absolute atomic E-state index is 0.161. The summed E-state index contributed by atoms with van der Waals surface area (Å²) in [5, 5.41) is 14.2. The number of carbonyl (C=O) groups excluding carboxylic acids is 1. The van der Waals surface area contributed by atoms with Crippen molar-refractivity contribution < 1.29 is 4.79 Å². The number of aromatic nitrogens is 6. The van der Waals surface area contributed by atoms with Gasteiger partial charge < -0.3 is 5.32 Å². The highest BCUT2D eigenvalue weighted by atomic mass is 16.2. The fourth-order valence-corrected chi connectivity index (χ4v) is 3.53. The van der Waals surface area contributed by atoms with Crippen molar-refractivity contribution in [2.45, 2.75) is 38.6 Å². The van der Waals surface area contributed by atoms with Crippen LogP contribution in [0.1, 0.15) is 40.8 Å². The zero-order valence-corrected chi connectivity index (χ0v) is 15.2. The Morgan fingerprint density at radius 1 is 1.22 bits per heavy atom. The maximum absolute atomic E-state index is 12.8. The first kappa shape index (κ1) is 17.3. The predicted octanol–water partition coefficient (Wildman–Crippen LogP) is 1.21. The number of carbonyl (C=O) groups is 1. The second-order valence-corrected chi connectivity index (χ2v) is 6.65. The van der Waals surface area contributed by atoms with Gasteiger partial charge in [-0.15, -0.1) is 5.10 Å². The number of hydrogen-bond donors (Lipinski definition) is 1. The fraction of sp³-hybridized carbons (Fsp3) is 0.368. The van der Waals surface area contributed by atoms with E-state index in [2.05, 4.69) is 30.8 Å². The van der Waals surface area contributed by atoms with E-state index in [1.165, 1.54) is 22.3 Å². The first-order valence-corrected chi connectivity index (χ1v) is 9.13. The van der Waals surface area contributed by atoms with Crippen molar-refractivity contribution in [3.63, 3.8) is 0 Å². The molecule has 1 aliphatic carbocycles. The van der Waals surface area contributed by atoms with E-state index in [1.54, 1.807) is 0 Å². The number of tetrazole rings is 1. The minimum Gasteiger partial charge on any atom is -0.353 e. The van der Waals surface area contributed by atoms with Gasteiger partial charge >= 0.3 is 0 Å². The van der Waals surface area contributed by atoms with Gasteiger partial charge in [-0.25, -0.2) is 14.6 Å². The molecule has 0 aliphatic heterocycles.